The summed E-state index contributed by atoms with van der Waals surface area (Å²) in [5.41, 5.74) is 0. The molecule has 0 spiro atoms. The van der Waals surface area contributed by atoms with E-state index in [2.05, 4.69) is 38.8 Å². The Hall–Kier alpha value is -2.06. The van der Waals surface area contributed by atoms with Gasteiger partial charge in [0.15, 0.2) is 11.0 Å². The molecule has 4 rings (SSSR count). The van der Waals surface area contributed by atoms with Crippen LogP contribution in [-0.2, 0) is 12.4 Å². The molecule has 1 aliphatic rings. The summed E-state index contributed by atoms with van der Waals surface area (Å²) in [6.45, 7) is 4.64. The number of para-hydroxylation sites is 1. The SMILES string of the molecule is CCC(CC)n1c(COc2ccccc2Cl)nnc1SCc1nnc(C2CC2)o1. The lowest BCUT2D eigenvalue weighted by Crippen LogP contribution is -2.14. The molecule has 1 aliphatic carbocycles. The van der Waals surface area contributed by atoms with Crippen molar-refractivity contribution >= 4 is 23.4 Å². The number of thioether (sulfide) groups is 1. The van der Waals surface area contributed by atoms with E-state index >= 15 is 0 Å². The molecule has 1 aromatic carbocycles. The number of hydrogen-bond acceptors (Lipinski definition) is 7. The molecule has 0 bridgehead atoms. The summed E-state index contributed by atoms with van der Waals surface area (Å²) in [6, 6.07) is 7.73. The van der Waals surface area contributed by atoms with Crippen molar-refractivity contribution in [3.63, 3.8) is 0 Å². The summed E-state index contributed by atoms with van der Waals surface area (Å²) in [5.74, 6) is 3.85. The summed E-state index contributed by atoms with van der Waals surface area (Å²) in [6.07, 6.45) is 4.25. The predicted octanol–water partition coefficient (Wildman–Crippen LogP) is 5.42. The molecule has 154 valence electrons. The number of aromatic nitrogens is 5. The lowest BCUT2D eigenvalue weighted by atomic mass is 10.2. The number of hydrogen-bond donors (Lipinski definition) is 0. The fraction of sp³-hybridized carbons (Fsp3) is 0.500. The lowest BCUT2D eigenvalue weighted by molar-refractivity contribution is 0.278. The Morgan fingerprint density at radius 1 is 1.17 bits per heavy atom. The Labute approximate surface area is 179 Å². The van der Waals surface area contributed by atoms with Gasteiger partial charge in [-0.1, -0.05) is 49.3 Å². The second kappa shape index (κ2) is 9.17. The van der Waals surface area contributed by atoms with E-state index in [4.69, 9.17) is 20.8 Å². The first-order chi connectivity index (χ1) is 14.2. The van der Waals surface area contributed by atoms with Gasteiger partial charge in [-0.3, -0.25) is 0 Å². The van der Waals surface area contributed by atoms with Crippen molar-refractivity contribution in [2.24, 2.45) is 0 Å². The van der Waals surface area contributed by atoms with Crippen LogP contribution in [0.3, 0.4) is 0 Å². The van der Waals surface area contributed by atoms with Crippen molar-refractivity contribution in [2.45, 2.75) is 69.0 Å². The van der Waals surface area contributed by atoms with E-state index in [9.17, 15) is 0 Å². The van der Waals surface area contributed by atoms with Crippen LogP contribution in [0.2, 0.25) is 5.02 Å². The van der Waals surface area contributed by atoms with Crippen molar-refractivity contribution in [3.8, 4) is 5.75 Å². The third-order valence-electron chi connectivity index (χ3n) is 4.97. The van der Waals surface area contributed by atoms with Crippen LogP contribution in [-0.4, -0.2) is 25.0 Å². The summed E-state index contributed by atoms with van der Waals surface area (Å²) in [7, 11) is 0. The second-order valence-electron chi connectivity index (χ2n) is 7.06. The second-order valence-corrected chi connectivity index (χ2v) is 8.40. The smallest absolute Gasteiger partial charge is 0.226 e. The van der Waals surface area contributed by atoms with E-state index in [0.717, 1.165) is 42.6 Å². The average molecular weight is 434 g/mol. The third-order valence-corrected chi connectivity index (χ3v) is 6.21. The highest BCUT2D eigenvalue weighted by atomic mass is 35.5. The number of ether oxygens (including phenoxy) is 1. The molecule has 9 heteroatoms. The molecule has 29 heavy (non-hydrogen) atoms. The van der Waals surface area contributed by atoms with Crippen LogP contribution < -0.4 is 4.74 Å². The van der Waals surface area contributed by atoms with Gasteiger partial charge in [0, 0.05) is 12.0 Å². The molecule has 0 N–H and O–H groups in total. The van der Waals surface area contributed by atoms with Crippen molar-refractivity contribution < 1.29 is 9.15 Å². The zero-order chi connectivity index (χ0) is 20.2. The first-order valence-electron chi connectivity index (χ1n) is 9.95. The zero-order valence-corrected chi connectivity index (χ0v) is 18.1. The predicted molar refractivity (Wildman–Crippen MR) is 111 cm³/mol. The van der Waals surface area contributed by atoms with Crippen LogP contribution in [0, 0.1) is 0 Å². The molecular weight excluding hydrogens is 410 g/mol. The summed E-state index contributed by atoms with van der Waals surface area (Å²) < 4.78 is 13.8. The Bertz CT molecular complexity index is 952. The van der Waals surface area contributed by atoms with Gasteiger partial charge in [0.2, 0.25) is 11.8 Å². The Balaban J connectivity index is 1.49. The Morgan fingerprint density at radius 2 is 1.97 bits per heavy atom. The molecule has 2 heterocycles. The van der Waals surface area contributed by atoms with E-state index in [1.165, 1.54) is 0 Å². The summed E-state index contributed by atoms with van der Waals surface area (Å²) in [4.78, 5) is 0. The highest BCUT2D eigenvalue weighted by Crippen LogP contribution is 2.39. The van der Waals surface area contributed by atoms with Gasteiger partial charge in [0.1, 0.15) is 12.4 Å². The normalized spacial score (nSPS) is 13.9. The van der Waals surface area contributed by atoms with E-state index in [0.29, 0.717) is 41.0 Å². The van der Waals surface area contributed by atoms with Crippen LogP contribution in [0.25, 0.3) is 0 Å². The van der Waals surface area contributed by atoms with Gasteiger partial charge in [0.25, 0.3) is 0 Å². The molecule has 0 atom stereocenters. The largest absolute Gasteiger partial charge is 0.484 e. The number of benzene rings is 1. The van der Waals surface area contributed by atoms with E-state index in [1.807, 2.05) is 24.3 Å². The van der Waals surface area contributed by atoms with Crippen molar-refractivity contribution in [3.05, 3.63) is 46.9 Å². The molecule has 2 aromatic heterocycles. The first-order valence-corrected chi connectivity index (χ1v) is 11.3. The van der Waals surface area contributed by atoms with Crippen LogP contribution in [0.15, 0.2) is 33.8 Å². The van der Waals surface area contributed by atoms with Crippen molar-refractivity contribution in [1.82, 2.24) is 25.0 Å². The summed E-state index contributed by atoms with van der Waals surface area (Å²) >= 11 is 7.77. The molecule has 0 radical (unpaired) electrons. The monoisotopic (exact) mass is 433 g/mol. The quantitative estimate of drug-likeness (QED) is 0.394. The minimum Gasteiger partial charge on any atom is -0.484 e. The molecule has 0 saturated heterocycles. The Morgan fingerprint density at radius 3 is 2.69 bits per heavy atom. The van der Waals surface area contributed by atoms with E-state index in [-0.39, 0.29) is 0 Å². The lowest BCUT2D eigenvalue weighted by Gasteiger charge is -2.19. The average Bonchev–Trinajstić information content (AvgIpc) is 3.35. The van der Waals surface area contributed by atoms with Gasteiger partial charge in [-0.05, 0) is 37.8 Å². The zero-order valence-electron chi connectivity index (χ0n) is 16.5. The number of nitrogens with zero attached hydrogens (tertiary/aromatic N) is 5. The van der Waals surface area contributed by atoms with Gasteiger partial charge in [-0.15, -0.1) is 20.4 Å². The molecule has 0 unspecified atom stereocenters. The number of halogens is 1. The van der Waals surface area contributed by atoms with Crippen LogP contribution >= 0.6 is 23.4 Å². The Kier molecular flexibility index (Phi) is 6.40. The maximum absolute atomic E-state index is 6.20. The highest BCUT2D eigenvalue weighted by Gasteiger charge is 2.29. The van der Waals surface area contributed by atoms with Gasteiger partial charge in [-0.2, -0.15) is 0 Å². The van der Waals surface area contributed by atoms with E-state index < -0.39 is 0 Å². The van der Waals surface area contributed by atoms with Gasteiger partial charge in [0.05, 0.1) is 10.8 Å². The van der Waals surface area contributed by atoms with Gasteiger partial charge in [-0.25, -0.2) is 0 Å². The minimum absolute atomic E-state index is 0.294. The van der Waals surface area contributed by atoms with E-state index in [1.54, 1.807) is 11.8 Å². The highest BCUT2D eigenvalue weighted by molar-refractivity contribution is 7.98. The van der Waals surface area contributed by atoms with Gasteiger partial charge >= 0.3 is 0 Å². The molecular formula is C20H24ClN5O2S. The van der Waals surface area contributed by atoms with Crippen LogP contribution in [0.5, 0.6) is 5.75 Å². The fourth-order valence-electron chi connectivity index (χ4n) is 3.18. The molecule has 1 saturated carbocycles. The van der Waals surface area contributed by atoms with Gasteiger partial charge < -0.3 is 13.7 Å². The minimum atomic E-state index is 0.294. The fourth-order valence-corrected chi connectivity index (χ4v) is 4.23. The standard InChI is InChI=1S/C20H24ClN5O2S/c1-3-14(4-2)26-17(11-27-16-8-6-5-7-15(16)21)22-25-20(26)29-12-18-23-24-19(28-18)13-9-10-13/h5-8,13-14H,3-4,9-12H2,1-2H3. The van der Waals surface area contributed by atoms with Crippen molar-refractivity contribution in [1.29, 1.82) is 0 Å². The first kappa shape index (κ1) is 20.2. The molecule has 3 aromatic rings. The van der Waals surface area contributed by atoms with Crippen LogP contribution in [0.1, 0.15) is 69.1 Å². The van der Waals surface area contributed by atoms with Crippen molar-refractivity contribution in [2.75, 3.05) is 0 Å². The maximum Gasteiger partial charge on any atom is 0.226 e. The molecule has 0 aliphatic heterocycles. The maximum atomic E-state index is 6.20. The number of rotatable bonds is 10. The molecule has 0 amide bonds. The van der Waals surface area contributed by atoms with Crippen LogP contribution in [0.4, 0.5) is 0 Å². The summed E-state index contributed by atoms with van der Waals surface area (Å²) in [5, 5.41) is 18.5. The molecule has 1 fully saturated rings. The topological polar surface area (TPSA) is 78.9 Å². The molecule has 7 nitrogen and oxygen atoms in total. The third kappa shape index (κ3) is 4.75.